The number of halogens is 1. The summed E-state index contributed by atoms with van der Waals surface area (Å²) >= 11 is 9.11. The summed E-state index contributed by atoms with van der Waals surface area (Å²) in [6.07, 6.45) is 1.85. The van der Waals surface area contributed by atoms with Crippen molar-refractivity contribution in [3.8, 4) is 10.4 Å². The van der Waals surface area contributed by atoms with Gasteiger partial charge in [-0.15, -0.1) is 11.3 Å². The van der Waals surface area contributed by atoms with Crippen LogP contribution >= 0.6 is 34.7 Å². The Balaban J connectivity index is 1.67. The molecule has 0 spiro atoms. The SMILES string of the molecule is O=C1/C(=C\c2ccc(-c3cc([N+](=O)[O-])ccc3Cl)s2)Sc2ccccc21. The number of benzene rings is 2. The van der Waals surface area contributed by atoms with Gasteiger partial charge in [-0.3, -0.25) is 14.9 Å². The van der Waals surface area contributed by atoms with Gasteiger partial charge < -0.3 is 0 Å². The number of non-ortho nitro benzene ring substituents is 1. The molecule has 0 unspecified atom stereocenters. The molecule has 1 aliphatic heterocycles. The first-order valence-electron chi connectivity index (χ1n) is 7.60. The molecule has 0 saturated carbocycles. The number of nitrogens with zero attached hydrogens (tertiary/aromatic N) is 1. The Bertz CT molecular complexity index is 1090. The summed E-state index contributed by atoms with van der Waals surface area (Å²) in [6, 6.07) is 15.7. The van der Waals surface area contributed by atoms with E-state index in [0.717, 1.165) is 20.2 Å². The minimum atomic E-state index is -0.443. The Morgan fingerprint density at radius 1 is 1.04 bits per heavy atom. The Morgan fingerprint density at radius 2 is 1.85 bits per heavy atom. The Hall–Kier alpha value is -2.41. The molecular formula is C19H10ClNO3S2. The molecule has 0 N–H and O–H groups in total. The summed E-state index contributed by atoms with van der Waals surface area (Å²) in [5.74, 6) is 0.0222. The second-order valence-electron chi connectivity index (χ2n) is 5.56. The lowest BCUT2D eigenvalue weighted by Crippen LogP contribution is -1.92. The van der Waals surface area contributed by atoms with E-state index in [4.69, 9.17) is 11.6 Å². The van der Waals surface area contributed by atoms with Crippen LogP contribution in [0.1, 0.15) is 15.2 Å². The van der Waals surface area contributed by atoms with Gasteiger partial charge in [-0.05, 0) is 36.4 Å². The number of thioether (sulfide) groups is 1. The van der Waals surface area contributed by atoms with E-state index in [1.165, 1.54) is 41.3 Å². The van der Waals surface area contributed by atoms with E-state index in [1.807, 2.05) is 42.5 Å². The van der Waals surface area contributed by atoms with E-state index in [-0.39, 0.29) is 11.5 Å². The van der Waals surface area contributed by atoms with Gasteiger partial charge in [0.2, 0.25) is 5.78 Å². The van der Waals surface area contributed by atoms with Gasteiger partial charge in [-0.25, -0.2) is 0 Å². The molecule has 0 saturated heterocycles. The quantitative estimate of drug-likeness (QED) is 0.294. The average Bonchev–Trinajstić information content (AvgIpc) is 3.21. The number of fused-ring (bicyclic) bond motifs is 1. The van der Waals surface area contributed by atoms with Crippen LogP contribution in [0.15, 0.2) is 64.4 Å². The lowest BCUT2D eigenvalue weighted by Gasteiger charge is -2.01. The molecule has 128 valence electrons. The molecule has 1 aliphatic rings. The van der Waals surface area contributed by atoms with E-state index >= 15 is 0 Å². The lowest BCUT2D eigenvalue weighted by molar-refractivity contribution is -0.384. The maximum absolute atomic E-state index is 12.5. The summed E-state index contributed by atoms with van der Waals surface area (Å²) in [5.41, 5.74) is 1.33. The highest BCUT2D eigenvalue weighted by Gasteiger charge is 2.25. The van der Waals surface area contributed by atoms with Crippen LogP contribution in [0.2, 0.25) is 5.02 Å². The van der Waals surface area contributed by atoms with Crippen molar-refractivity contribution in [1.82, 2.24) is 0 Å². The Labute approximate surface area is 162 Å². The highest BCUT2D eigenvalue weighted by atomic mass is 35.5. The first kappa shape index (κ1) is 17.0. The maximum atomic E-state index is 12.5. The summed E-state index contributed by atoms with van der Waals surface area (Å²) in [5, 5.41) is 11.4. The van der Waals surface area contributed by atoms with Gasteiger partial charge in [-0.2, -0.15) is 0 Å². The monoisotopic (exact) mass is 399 g/mol. The van der Waals surface area contributed by atoms with Crippen molar-refractivity contribution in [1.29, 1.82) is 0 Å². The molecule has 4 nitrogen and oxygen atoms in total. The molecule has 1 aromatic heterocycles. The molecule has 26 heavy (non-hydrogen) atoms. The van der Waals surface area contributed by atoms with Gasteiger partial charge in [0.1, 0.15) is 0 Å². The number of thiophene rings is 1. The lowest BCUT2D eigenvalue weighted by atomic mass is 10.1. The largest absolute Gasteiger partial charge is 0.288 e. The van der Waals surface area contributed by atoms with Crippen molar-refractivity contribution in [3.63, 3.8) is 0 Å². The third kappa shape index (κ3) is 3.07. The van der Waals surface area contributed by atoms with Crippen LogP contribution in [0.4, 0.5) is 5.69 Å². The van der Waals surface area contributed by atoms with E-state index in [1.54, 1.807) is 0 Å². The molecule has 3 aromatic rings. The van der Waals surface area contributed by atoms with Crippen molar-refractivity contribution >= 4 is 52.2 Å². The molecule has 0 radical (unpaired) electrons. The average molecular weight is 400 g/mol. The summed E-state index contributed by atoms with van der Waals surface area (Å²) in [4.78, 5) is 26.4. The Morgan fingerprint density at radius 3 is 2.62 bits per heavy atom. The van der Waals surface area contributed by atoms with Crippen LogP contribution in [-0.2, 0) is 0 Å². The molecule has 0 bridgehead atoms. The second-order valence-corrected chi connectivity index (χ2v) is 8.17. The van der Waals surface area contributed by atoms with E-state index in [0.29, 0.717) is 15.5 Å². The number of nitro benzene ring substituents is 1. The Kier molecular flexibility index (Phi) is 4.40. The van der Waals surface area contributed by atoms with Crippen molar-refractivity contribution in [2.24, 2.45) is 0 Å². The summed E-state index contributed by atoms with van der Waals surface area (Å²) in [6.45, 7) is 0. The molecule has 0 fully saturated rings. The smallest absolute Gasteiger partial charge is 0.270 e. The number of ketones is 1. The molecule has 0 amide bonds. The van der Waals surface area contributed by atoms with Crippen LogP contribution in [0.3, 0.4) is 0 Å². The maximum Gasteiger partial charge on any atom is 0.270 e. The van der Waals surface area contributed by atoms with E-state index < -0.39 is 4.92 Å². The van der Waals surface area contributed by atoms with Crippen molar-refractivity contribution in [3.05, 3.63) is 85.1 Å². The van der Waals surface area contributed by atoms with Crippen LogP contribution in [0, 0.1) is 10.1 Å². The standard InChI is InChI=1S/C19H10ClNO3S2/c20-15-7-5-11(21(23)24)9-14(15)17-8-6-12(25-17)10-18-19(22)13-3-1-2-4-16(13)26-18/h1-10H/b18-10+. The van der Waals surface area contributed by atoms with Crippen LogP contribution < -0.4 is 0 Å². The van der Waals surface area contributed by atoms with Crippen molar-refractivity contribution in [2.45, 2.75) is 4.90 Å². The highest BCUT2D eigenvalue weighted by Crippen LogP contribution is 2.42. The fourth-order valence-electron chi connectivity index (χ4n) is 2.66. The number of allylic oxidation sites excluding steroid dienone is 1. The van der Waals surface area contributed by atoms with Gasteiger partial charge in [0, 0.05) is 42.9 Å². The number of Topliss-reactive ketones (excluding diaryl/α,β-unsaturated/α-hetero) is 1. The molecule has 4 rings (SSSR count). The van der Waals surface area contributed by atoms with Gasteiger partial charge >= 0.3 is 0 Å². The molecular weight excluding hydrogens is 390 g/mol. The fourth-order valence-corrected chi connectivity index (χ4v) is 5.03. The fraction of sp³-hybridized carbons (Fsp3) is 0. The normalized spacial score (nSPS) is 14.7. The van der Waals surface area contributed by atoms with Crippen molar-refractivity contribution in [2.75, 3.05) is 0 Å². The number of carbonyl (C=O) groups is 1. The molecule has 0 atom stereocenters. The predicted octanol–water partition coefficient (Wildman–Crippen LogP) is 6.31. The van der Waals surface area contributed by atoms with E-state index in [2.05, 4.69) is 0 Å². The zero-order chi connectivity index (χ0) is 18.3. The number of hydrogen-bond acceptors (Lipinski definition) is 5. The van der Waals surface area contributed by atoms with Crippen LogP contribution in [0.5, 0.6) is 0 Å². The minimum absolute atomic E-state index is 0.00493. The summed E-state index contributed by atoms with van der Waals surface area (Å²) in [7, 11) is 0. The van der Waals surface area contributed by atoms with Gasteiger partial charge in [0.25, 0.3) is 5.69 Å². The summed E-state index contributed by atoms with van der Waals surface area (Å²) < 4.78 is 0. The topological polar surface area (TPSA) is 60.2 Å². The highest BCUT2D eigenvalue weighted by molar-refractivity contribution is 8.04. The van der Waals surface area contributed by atoms with Crippen LogP contribution in [-0.4, -0.2) is 10.7 Å². The molecule has 2 aromatic carbocycles. The molecule has 7 heteroatoms. The van der Waals surface area contributed by atoms with Crippen LogP contribution in [0.25, 0.3) is 16.5 Å². The zero-order valence-electron chi connectivity index (χ0n) is 13.1. The van der Waals surface area contributed by atoms with E-state index in [9.17, 15) is 14.9 Å². The van der Waals surface area contributed by atoms with Gasteiger partial charge in [0.15, 0.2) is 0 Å². The van der Waals surface area contributed by atoms with Gasteiger partial charge in [-0.1, -0.05) is 35.5 Å². The first-order chi connectivity index (χ1) is 12.5. The second kappa shape index (κ2) is 6.72. The predicted molar refractivity (Wildman–Crippen MR) is 106 cm³/mol. The minimum Gasteiger partial charge on any atom is -0.288 e. The molecule has 2 heterocycles. The number of carbonyl (C=O) groups excluding carboxylic acids is 1. The third-order valence-electron chi connectivity index (χ3n) is 3.90. The number of nitro groups is 1. The third-order valence-corrected chi connectivity index (χ3v) is 6.40. The number of hydrogen-bond donors (Lipinski definition) is 0. The number of rotatable bonds is 3. The first-order valence-corrected chi connectivity index (χ1v) is 9.61. The zero-order valence-corrected chi connectivity index (χ0v) is 15.5. The molecule has 0 aliphatic carbocycles. The van der Waals surface area contributed by atoms with Gasteiger partial charge in [0.05, 0.1) is 9.83 Å². The van der Waals surface area contributed by atoms with Crippen molar-refractivity contribution < 1.29 is 9.72 Å².